The third-order valence-corrected chi connectivity index (χ3v) is 5.61. The van der Waals surface area contributed by atoms with Gasteiger partial charge in [-0.1, -0.05) is 41.9 Å². The van der Waals surface area contributed by atoms with Gasteiger partial charge in [0, 0.05) is 22.1 Å². The quantitative estimate of drug-likeness (QED) is 0.456. The summed E-state index contributed by atoms with van der Waals surface area (Å²) in [4.78, 5) is 50.9. The highest BCUT2D eigenvalue weighted by Gasteiger charge is 2.49. The van der Waals surface area contributed by atoms with E-state index in [1.54, 1.807) is 55.5 Å². The zero-order chi connectivity index (χ0) is 22.8. The highest BCUT2D eigenvalue weighted by atomic mass is 79.9. The Labute approximate surface area is 189 Å². The number of rotatable bonds is 7. The molecule has 0 bridgehead atoms. The molecular weight excluding hydrogens is 462 g/mol. The molecule has 0 aliphatic carbocycles. The normalized spacial score (nSPS) is 18.3. The molecule has 3 rings (SSSR count). The van der Waals surface area contributed by atoms with Gasteiger partial charge in [0.15, 0.2) is 5.78 Å². The predicted octanol–water partition coefficient (Wildman–Crippen LogP) is 4.08. The Kier molecular flexibility index (Phi) is 6.59. The Balaban J connectivity index is 1.68. The molecule has 1 heterocycles. The molecular formula is C23H24BrN3O4. The van der Waals surface area contributed by atoms with E-state index >= 15 is 0 Å². The molecule has 162 valence electrons. The standard InChI is InChI=1S/C23H24BrN3O4/c1-14(2)12-20(29)25-18-10-4-15(5-11-18)19(28)13-27-21(30)23(3,26-22(27)31)16-6-8-17(24)9-7-16/h4-11,14H,12-13H2,1-3H3,(H,25,29)(H,26,31)/t23-/m1/s1. The van der Waals surface area contributed by atoms with Crippen molar-refractivity contribution >= 4 is 45.2 Å². The molecule has 2 aromatic rings. The molecule has 0 radical (unpaired) electrons. The van der Waals surface area contributed by atoms with Crippen LogP contribution in [0.4, 0.5) is 10.5 Å². The van der Waals surface area contributed by atoms with Gasteiger partial charge in [-0.2, -0.15) is 0 Å². The summed E-state index contributed by atoms with van der Waals surface area (Å²) in [6.45, 7) is 5.17. The number of ketones is 1. The molecule has 1 aliphatic heterocycles. The summed E-state index contributed by atoms with van der Waals surface area (Å²) in [7, 11) is 0. The van der Waals surface area contributed by atoms with Crippen LogP contribution >= 0.6 is 15.9 Å². The zero-order valence-corrected chi connectivity index (χ0v) is 19.2. The lowest BCUT2D eigenvalue weighted by molar-refractivity contribution is -0.130. The molecule has 1 aliphatic rings. The Morgan fingerprint density at radius 3 is 2.26 bits per heavy atom. The van der Waals surface area contributed by atoms with Crippen molar-refractivity contribution in [2.45, 2.75) is 32.7 Å². The average molecular weight is 486 g/mol. The second kappa shape index (κ2) is 9.01. The Hall–Kier alpha value is -3.00. The molecule has 31 heavy (non-hydrogen) atoms. The molecule has 1 fully saturated rings. The lowest BCUT2D eigenvalue weighted by atomic mass is 9.92. The van der Waals surface area contributed by atoms with Crippen molar-refractivity contribution < 1.29 is 19.2 Å². The van der Waals surface area contributed by atoms with E-state index in [9.17, 15) is 19.2 Å². The van der Waals surface area contributed by atoms with Gasteiger partial charge in [0.2, 0.25) is 5.91 Å². The highest BCUT2D eigenvalue weighted by Crippen LogP contribution is 2.30. The van der Waals surface area contributed by atoms with Gasteiger partial charge >= 0.3 is 6.03 Å². The first kappa shape index (κ1) is 22.7. The fraction of sp³-hybridized carbons (Fsp3) is 0.304. The van der Waals surface area contributed by atoms with Crippen LogP contribution in [0.5, 0.6) is 0 Å². The molecule has 4 amide bonds. The van der Waals surface area contributed by atoms with E-state index in [1.165, 1.54) is 0 Å². The SMILES string of the molecule is CC(C)CC(=O)Nc1ccc(C(=O)CN2C(=O)N[C@](C)(c3ccc(Br)cc3)C2=O)cc1. The summed E-state index contributed by atoms with van der Waals surface area (Å²) < 4.78 is 0.854. The molecule has 2 aromatic carbocycles. The van der Waals surface area contributed by atoms with E-state index in [1.807, 2.05) is 13.8 Å². The van der Waals surface area contributed by atoms with Gasteiger partial charge in [-0.05, 0) is 54.8 Å². The smallest absolute Gasteiger partial charge is 0.325 e. The van der Waals surface area contributed by atoms with Gasteiger partial charge in [0.25, 0.3) is 5.91 Å². The summed E-state index contributed by atoms with van der Waals surface area (Å²) >= 11 is 3.35. The van der Waals surface area contributed by atoms with Crippen LogP contribution in [-0.4, -0.2) is 35.1 Å². The highest BCUT2D eigenvalue weighted by molar-refractivity contribution is 9.10. The van der Waals surface area contributed by atoms with Crippen molar-refractivity contribution in [1.82, 2.24) is 10.2 Å². The van der Waals surface area contributed by atoms with Crippen LogP contribution in [0.3, 0.4) is 0 Å². The predicted molar refractivity (Wildman–Crippen MR) is 121 cm³/mol. The maximum Gasteiger partial charge on any atom is 0.325 e. The Morgan fingerprint density at radius 2 is 1.68 bits per heavy atom. The van der Waals surface area contributed by atoms with E-state index in [4.69, 9.17) is 0 Å². The van der Waals surface area contributed by atoms with Gasteiger partial charge in [-0.25, -0.2) is 4.79 Å². The number of hydrogen-bond acceptors (Lipinski definition) is 4. The van der Waals surface area contributed by atoms with Crippen molar-refractivity contribution in [3.8, 4) is 0 Å². The van der Waals surface area contributed by atoms with E-state index in [-0.39, 0.29) is 24.2 Å². The van der Waals surface area contributed by atoms with E-state index < -0.39 is 17.5 Å². The third-order valence-electron chi connectivity index (χ3n) is 5.08. The van der Waals surface area contributed by atoms with Gasteiger partial charge in [-0.3, -0.25) is 19.3 Å². The lowest BCUT2D eigenvalue weighted by Crippen LogP contribution is -2.41. The number of carbonyl (C=O) groups is 4. The van der Waals surface area contributed by atoms with Crippen LogP contribution in [0.1, 0.15) is 43.1 Å². The molecule has 8 heteroatoms. The zero-order valence-electron chi connectivity index (χ0n) is 17.6. The molecule has 7 nitrogen and oxygen atoms in total. The molecule has 0 spiro atoms. The van der Waals surface area contributed by atoms with Crippen LogP contribution in [-0.2, 0) is 15.1 Å². The first-order valence-corrected chi connectivity index (χ1v) is 10.7. The summed E-state index contributed by atoms with van der Waals surface area (Å²) in [6.07, 6.45) is 0.407. The van der Waals surface area contributed by atoms with E-state index in [0.717, 1.165) is 9.37 Å². The molecule has 0 saturated carbocycles. The Bertz CT molecular complexity index is 1020. The molecule has 0 unspecified atom stereocenters. The molecule has 0 aromatic heterocycles. The number of amides is 4. The summed E-state index contributed by atoms with van der Waals surface area (Å²) in [6, 6.07) is 12.9. The monoisotopic (exact) mass is 485 g/mol. The number of imide groups is 1. The molecule has 2 N–H and O–H groups in total. The van der Waals surface area contributed by atoms with Crippen molar-refractivity contribution in [2.24, 2.45) is 5.92 Å². The minimum absolute atomic E-state index is 0.0966. The van der Waals surface area contributed by atoms with E-state index in [2.05, 4.69) is 26.6 Å². The van der Waals surface area contributed by atoms with Crippen LogP contribution in [0.2, 0.25) is 0 Å². The molecule has 1 atom stereocenters. The first-order valence-electron chi connectivity index (χ1n) is 9.93. The fourth-order valence-electron chi connectivity index (χ4n) is 3.38. The van der Waals surface area contributed by atoms with Crippen molar-refractivity contribution in [1.29, 1.82) is 0 Å². The van der Waals surface area contributed by atoms with Crippen LogP contribution in [0.25, 0.3) is 0 Å². The number of anilines is 1. The minimum atomic E-state index is -1.23. The second-order valence-electron chi connectivity index (χ2n) is 8.10. The van der Waals surface area contributed by atoms with Crippen molar-refractivity contribution in [3.63, 3.8) is 0 Å². The number of benzene rings is 2. The van der Waals surface area contributed by atoms with Crippen molar-refractivity contribution in [2.75, 3.05) is 11.9 Å². The van der Waals surface area contributed by atoms with Crippen molar-refractivity contribution in [3.05, 3.63) is 64.1 Å². The summed E-state index contributed by atoms with van der Waals surface area (Å²) in [5.74, 6) is -0.705. The maximum atomic E-state index is 13.0. The number of carbonyl (C=O) groups excluding carboxylic acids is 4. The fourth-order valence-corrected chi connectivity index (χ4v) is 3.64. The number of Topliss-reactive ketones (excluding diaryl/α,β-unsaturated/α-hetero) is 1. The summed E-state index contributed by atoms with van der Waals surface area (Å²) in [5.41, 5.74) is 0.327. The maximum absolute atomic E-state index is 13.0. The number of halogens is 1. The van der Waals surface area contributed by atoms with Gasteiger partial charge < -0.3 is 10.6 Å². The Morgan fingerprint density at radius 1 is 1.06 bits per heavy atom. The number of hydrogen-bond donors (Lipinski definition) is 2. The molecule has 1 saturated heterocycles. The first-order chi connectivity index (χ1) is 14.6. The number of nitrogens with zero attached hydrogens (tertiary/aromatic N) is 1. The van der Waals surface area contributed by atoms with Gasteiger partial charge in [0.05, 0.1) is 6.54 Å². The minimum Gasteiger partial charge on any atom is -0.326 e. The lowest BCUT2D eigenvalue weighted by Gasteiger charge is -2.22. The third kappa shape index (κ3) is 5.02. The largest absolute Gasteiger partial charge is 0.326 e. The second-order valence-corrected chi connectivity index (χ2v) is 9.02. The summed E-state index contributed by atoms with van der Waals surface area (Å²) in [5, 5.41) is 5.47. The number of urea groups is 1. The average Bonchev–Trinajstić information content (AvgIpc) is 2.92. The van der Waals surface area contributed by atoms with Gasteiger partial charge in [-0.15, -0.1) is 0 Å². The van der Waals surface area contributed by atoms with Crippen LogP contribution < -0.4 is 10.6 Å². The topological polar surface area (TPSA) is 95.6 Å². The van der Waals surface area contributed by atoms with Crippen LogP contribution in [0, 0.1) is 5.92 Å². The number of nitrogens with one attached hydrogen (secondary N) is 2. The van der Waals surface area contributed by atoms with Gasteiger partial charge in [0.1, 0.15) is 5.54 Å². The van der Waals surface area contributed by atoms with Crippen LogP contribution in [0.15, 0.2) is 53.0 Å². The van der Waals surface area contributed by atoms with E-state index in [0.29, 0.717) is 23.2 Å².